The topological polar surface area (TPSA) is 29.3 Å². The normalized spacial score (nSPS) is 24.2. The Morgan fingerprint density at radius 2 is 1.78 bits per heavy atom. The Hall–Kier alpha value is -0.0800. The van der Waals surface area contributed by atoms with Crippen molar-refractivity contribution < 1.29 is 0 Å². The molecule has 0 aromatic heterocycles. The van der Waals surface area contributed by atoms with Crippen LogP contribution in [-0.4, -0.2) is 30.1 Å². The number of nitrogens with zero attached hydrogens (tertiary/aromatic N) is 1. The summed E-state index contributed by atoms with van der Waals surface area (Å²) in [5.41, 5.74) is 6.92. The standard InChI is InChI=1S/C16H34N2/c1-6-8-14(17)15(7-2)18(5)13-9-11-16(3,4)12-10-13/h13-15H,6-12,17H2,1-5H3. The molecule has 2 nitrogen and oxygen atoms in total. The molecule has 1 aliphatic carbocycles. The molecule has 0 spiro atoms. The lowest BCUT2D eigenvalue weighted by Gasteiger charge is -2.43. The van der Waals surface area contributed by atoms with E-state index in [4.69, 9.17) is 5.73 Å². The van der Waals surface area contributed by atoms with Crippen molar-refractivity contribution in [2.24, 2.45) is 11.1 Å². The van der Waals surface area contributed by atoms with Crippen LogP contribution >= 0.6 is 0 Å². The Balaban J connectivity index is 2.54. The fourth-order valence-corrected chi connectivity index (χ4v) is 3.48. The van der Waals surface area contributed by atoms with Gasteiger partial charge in [-0.2, -0.15) is 0 Å². The van der Waals surface area contributed by atoms with Crippen LogP contribution in [-0.2, 0) is 0 Å². The maximum Gasteiger partial charge on any atom is 0.0244 e. The zero-order chi connectivity index (χ0) is 13.8. The van der Waals surface area contributed by atoms with Crippen molar-refractivity contribution in [3.63, 3.8) is 0 Å². The first kappa shape index (κ1) is 16.0. The summed E-state index contributed by atoms with van der Waals surface area (Å²) in [4.78, 5) is 2.59. The van der Waals surface area contributed by atoms with E-state index in [9.17, 15) is 0 Å². The molecule has 0 heterocycles. The van der Waals surface area contributed by atoms with E-state index in [1.165, 1.54) is 38.5 Å². The van der Waals surface area contributed by atoms with E-state index in [2.05, 4.69) is 39.6 Å². The third-order valence-corrected chi connectivity index (χ3v) is 4.94. The molecule has 1 fully saturated rings. The fourth-order valence-electron chi connectivity index (χ4n) is 3.48. The zero-order valence-electron chi connectivity index (χ0n) is 13.2. The summed E-state index contributed by atoms with van der Waals surface area (Å²) in [7, 11) is 2.30. The Morgan fingerprint density at radius 3 is 2.22 bits per heavy atom. The molecule has 1 aliphatic rings. The van der Waals surface area contributed by atoms with Gasteiger partial charge in [-0.3, -0.25) is 4.90 Å². The SMILES string of the molecule is CCCC(N)C(CC)N(C)C1CCC(C)(C)CC1. The Kier molecular flexibility index (Phi) is 6.13. The quantitative estimate of drug-likeness (QED) is 0.781. The summed E-state index contributed by atoms with van der Waals surface area (Å²) >= 11 is 0. The van der Waals surface area contributed by atoms with Crippen molar-refractivity contribution in [1.29, 1.82) is 0 Å². The van der Waals surface area contributed by atoms with Crippen LogP contribution in [0.2, 0.25) is 0 Å². The lowest BCUT2D eigenvalue weighted by molar-refractivity contribution is 0.0802. The molecule has 2 unspecified atom stereocenters. The molecule has 2 atom stereocenters. The first-order valence-corrected chi connectivity index (χ1v) is 7.88. The molecule has 0 amide bonds. The number of nitrogens with two attached hydrogens (primary N) is 1. The van der Waals surface area contributed by atoms with Gasteiger partial charge in [-0.15, -0.1) is 0 Å². The second kappa shape index (κ2) is 6.91. The van der Waals surface area contributed by atoms with Crippen molar-refractivity contribution in [1.82, 2.24) is 4.90 Å². The number of hydrogen-bond acceptors (Lipinski definition) is 2. The van der Waals surface area contributed by atoms with Crippen LogP contribution < -0.4 is 5.73 Å². The molecular formula is C16H34N2. The molecule has 108 valence electrons. The van der Waals surface area contributed by atoms with Gasteiger partial charge in [0.05, 0.1) is 0 Å². The van der Waals surface area contributed by atoms with E-state index in [0.29, 0.717) is 17.5 Å². The summed E-state index contributed by atoms with van der Waals surface area (Å²) in [6, 6.07) is 1.67. The van der Waals surface area contributed by atoms with Gasteiger partial charge >= 0.3 is 0 Å². The van der Waals surface area contributed by atoms with Crippen LogP contribution in [0, 0.1) is 5.41 Å². The summed E-state index contributed by atoms with van der Waals surface area (Å²) in [5.74, 6) is 0. The summed E-state index contributed by atoms with van der Waals surface area (Å²) in [6.45, 7) is 9.33. The predicted molar refractivity (Wildman–Crippen MR) is 80.8 cm³/mol. The van der Waals surface area contributed by atoms with Crippen molar-refractivity contribution in [3.05, 3.63) is 0 Å². The molecule has 2 heteroatoms. The average molecular weight is 254 g/mol. The molecule has 0 aromatic rings. The molecule has 0 aliphatic heterocycles. The van der Waals surface area contributed by atoms with Crippen molar-refractivity contribution >= 4 is 0 Å². The molecule has 0 bridgehead atoms. The lowest BCUT2D eigenvalue weighted by Crippen LogP contribution is -2.51. The van der Waals surface area contributed by atoms with Gasteiger partial charge in [0.2, 0.25) is 0 Å². The first-order valence-electron chi connectivity index (χ1n) is 7.88. The van der Waals surface area contributed by atoms with E-state index in [1.54, 1.807) is 0 Å². The van der Waals surface area contributed by atoms with Crippen LogP contribution in [0.4, 0.5) is 0 Å². The number of hydrogen-bond donors (Lipinski definition) is 1. The van der Waals surface area contributed by atoms with Crippen molar-refractivity contribution in [2.75, 3.05) is 7.05 Å². The molecule has 18 heavy (non-hydrogen) atoms. The van der Waals surface area contributed by atoms with Gasteiger partial charge in [0.25, 0.3) is 0 Å². The molecular weight excluding hydrogens is 220 g/mol. The minimum atomic E-state index is 0.347. The molecule has 1 saturated carbocycles. The minimum Gasteiger partial charge on any atom is -0.326 e. The van der Waals surface area contributed by atoms with Crippen LogP contribution in [0.25, 0.3) is 0 Å². The van der Waals surface area contributed by atoms with E-state index < -0.39 is 0 Å². The van der Waals surface area contributed by atoms with Gasteiger partial charge in [0.15, 0.2) is 0 Å². The van der Waals surface area contributed by atoms with E-state index in [0.717, 1.165) is 12.5 Å². The van der Waals surface area contributed by atoms with Gasteiger partial charge in [-0.05, 0) is 51.0 Å². The van der Waals surface area contributed by atoms with Gasteiger partial charge in [0, 0.05) is 18.1 Å². The number of likely N-dealkylation sites (N-methyl/N-ethyl adjacent to an activating group) is 1. The van der Waals surface area contributed by atoms with Gasteiger partial charge < -0.3 is 5.73 Å². The molecule has 0 aromatic carbocycles. The highest BCUT2D eigenvalue weighted by Crippen LogP contribution is 2.37. The van der Waals surface area contributed by atoms with E-state index >= 15 is 0 Å². The summed E-state index contributed by atoms with van der Waals surface area (Å²) < 4.78 is 0. The van der Waals surface area contributed by atoms with Gasteiger partial charge in [-0.25, -0.2) is 0 Å². The molecule has 2 N–H and O–H groups in total. The van der Waals surface area contributed by atoms with Crippen LogP contribution in [0.1, 0.15) is 72.6 Å². The highest BCUT2D eigenvalue weighted by Gasteiger charge is 2.32. The van der Waals surface area contributed by atoms with Crippen LogP contribution in [0.15, 0.2) is 0 Å². The van der Waals surface area contributed by atoms with Gasteiger partial charge in [0.1, 0.15) is 0 Å². The maximum atomic E-state index is 6.36. The summed E-state index contributed by atoms with van der Waals surface area (Å²) in [6.07, 6.45) is 8.95. The second-order valence-electron chi connectivity index (χ2n) is 6.99. The fraction of sp³-hybridized carbons (Fsp3) is 1.00. The lowest BCUT2D eigenvalue weighted by atomic mass is 9.75. The minimum absolute atomic E-state index is 0.347. The van der Waals surface area contributed by atoms with Crippen molar-refractivity contribution in [2.45, 2.75) is 90.8 Å². The van der Waals surface area contributed by atoms with Crippen LogP contribution in [0.5, 0.6) is 0 Å². The maximum absolute atomic E-state index is 6.36. The molecule has 0 saturated heterocycles. The Bertz CT molecular complexity index is 227. The number of rotatable bonds is 6. The third kappa shape index (κ3) is 4.24. The smallest absolute Gasteiger partial charge is 0.0244 e. The predicted octanol–water partition coefficient (Wildman–Crippen LogP) is 3.79. The third-order valence-electron chi connectivity index (χ3n) is 4.94. The monoisotopic (exact) mass is 254 g/mol. The van der Waals surface area contributed by atoms with Gasteiger partial charge in [-0.1, -0.05) is 34.1 Å². The second-order valence-corrected chi connectivity index (χ2v) is 6.99. The Morgan fingerprint density at radius 1 is 1.22 bits per heavy atom. The Labute approximate surface area is 114 Å². The van der Waals surface area contributed by atoms with Crippen molar-refractivity contribution in [3.8, 4) is 0 Å². The highest BCUT2D eigenvalue weighted by molar-refractivity contribution is 4.88. The first-order chi connectivity index (χ1) is 8.41. The molecule has 0 radical (unpaired) electrons. The average Bonchev–Trinajstić information content (AvgIpc) is 2.30. The zero-order valence-corrected chi connectivity index (χ0v) is 13.2. The molecule has 1 rings (SSSR count). The largest absolute Gasteiger partial charge is 0.326 e. The summed E-state index contributed by atoms with van der Waals surface area (Å²) in [5, 5.41) is 0. The van der Waals surface area contributed by atoms with E-state index in [-0.39, 0.29) is 0 Å². The van der Waals surface area contributed by atoms with Crippen LogP contribution in [0.3, 0.4) is 0 Å². The highest BCUT2D eigenvalue weighted by atomic mass is 15.2. The van der Waals surface area contributed by atoms with E-state index in [1.807, 2.05) is 0 Å².